The smallest absolute Gasteiger partial charge is 0.153 e. The van der Waals surface area contributed by atoms with E-state index in [-0.39, 0.29) is 0 Å². The summed E-state index contributed by atoms with van der Waals surface area (Å²) in [5.74, 6) is 1.51. The molecule has 1 aliphatic rings. The maximum Gasteiger partial charge on any atom is 0.153 e. The van der Waals surface area contributed by atoms with Crippen LogP contribution in [0.25, 0.3) is 0 Å². The zero-order valence-electron chi connectivity index (χ0n) is 10.8. The summed E-state index contributed by atoms with van der Waals surface area (Å²) < 4.78 is 0. The van der Waals surface area contributed by atoms with Gasteiger partial charge in [-0.25, -0.2) is 0 Å². The minimum absolute atomic E-state index is 0.300. The highest BCUT2D eigenvalue weighted by Crippen LogP contribution is 2.10. The van der Waals surface area contributed by atoms with E-state index in [0.29, 0.717) is 12.4 Å². The molecule has 0 aliphatic carbocycles. The molecule has 0 radical (unpaired) electrons. The van der Waals surface area contributed by atoms with Gasteiger partial charge in [0.25, 0.3) is 0 Å². The summed E-state index contributed by atoms with van der Waals surface area (Å²) in [6, 6.07) is 0. The van der Waals surface area contributed by atoms with Gasteiger partial charge in [0.2, 0.25) is 0 Å². The van der Waals surface area contributed by atoms with Gasteiger partial charge in [-0.2, -0.15) is 11.8 Å². The molecule has 5 nitrogen and oxygen atoms in total. The predicted molar refractivity (Wildman–Crippen MR) is 73.9 cm³/mol. The normalized spacial score (nSPS) is 20.1. The number of hydrogen-bond acceptors (Lipinski definition) is 5. The van der Waals surface area contributed by atoms with E-state index in [1.165, 1.54) is 12.3 Å². The molecule has 1 rings (SSSR count). The van der Waals surface area contributed by atoms with Crippen molar-refractivity contribution < 1.29 is 5.21 Å². The van der Waals surface area contributed by atoms with Crippen LogP contribution in [0, 0.1) is 0 Å². The van der Waals surface area contributed by atoms with Gasteiger partial charge < -0.3 is 10.9 Å². The number of rotatable bonds is 6. The monoisotopic (exact) mass is 260 g/mol. The molecule has 0 aromatic heterocycles. The first kappa shape index (κ1) is 14.6. The van der Waals surface area contributed by atoms with Crippen LogP contribution in [0.5, 0.6) is 0 Å². The number of amidine groups is 1. The molecule has 1 aliphatic heterocycles. The highest BCUT2D eigenvalue weighted by atomic mass is 32.2. The van der Waals surface area contributed by atoms with Crippen molar-refractivity contribution in [3.8, 4) is 0 Å². The van der Waals surface area contributed by atoms with Crippen LogP contribution in [0.2, 0.25) is 0 Å². The van der Waals surface area contributed by atoms with Crippen LogP contribution in [-0.2, 0) is 0 Å². The third-order valence-corrected chi connectivity index (χ3v) is 3.92. The van der Waals surface area contributed by atoms with Gasteiger partial charge in [0, 0.05) is 38.5 Å². The van der Waals surface area contributed by atoms with Gasteiger partial charge in [-0.1, -0.05) is 19.0 Å². The molecule has 1 heterocycles. The SMILES string of the molecule is CC(C)SCCN1CCN(CC(N)=NO)CC1. The lowest BCUT2D eigenvalue weighted by Gasteiger charge is -2.34. The molecule has 0 spiro atoms. The fourth-order valence-electron chi connectivity index (χ4n) is 1.85. The average Bonchev–Trinajstić information content (AvgIpc) is 2.31. The number of hydrogen-bond donors (Lipinski definition) is 2. The Balaban J connectivity index is 2.13. The highest BCUT2D eigenvalue weighted by Gasteiger charge is 2.17. The lowest BCUT2D eigenvalue weighted by molar-refractivity contribution is 0.151. The van der Waals surface area contributed by atoms with Crippen LogP contribution in [0.15, 0.2) is 5.16 Å². The van der Waals surface area contributed by atoms with Crippen molar-refractivity contribution in [2.45, 2.75) is 19.1 Å². The van der Waals surface area contributed by atoms with E-state index in [2.05, 4.69) is 28.8 Å². The van der Waals surface area contributed by atoms with Crippen LogP contribution >= 0.6 is 11.8 Å². The number of piperazine rings is 1. The van der Waals surface area contributed by atoms with Crippen LogP contribution in [0.1, 0.15) is 13.8 Å². The molecular weight excluding hydrogens is 236 g/mol. The Labute approximate surface area is 108 Å². The molecule has 0 unspecified atom stereocenters. The first-order chi connectivity index (χ1) is 8.11. The maximum absolute atomic E-state index is 8.51. The number of oxime groups is 1. The second-order valence-corrected chi connectivity index (χ2v) is 6.31. The minimum atomic E-state index is 0.300. The molecule has 0 bridgehead atoms. The highest BCUT2D eigenvalue weighted by molar-refractivity contribution is 7.99. The Kier molecular flexibility index (Phi) is 6.69. The second kappa shape index (κ2) is 7.79. The van der Waals surface area contributed by atoms with Gasteiger partial charge in [0.05, 0.1) is 6.54 Å². The summed E-state index contributed by atoms with van der Waals surface area (Å²) >= 11 is 2.01. The molecule has 0 amide bonds. The summed E-state index contributed by atoms with van der Waals surface area (Å²) in [6.07, 6.45) is 0. The Morgan fingerprint density at radius 1 is 1.29 bits per heavy atom. The van der Waals surface area contributed by atoms with E-state index in [4.69, 9.17) is 10.9 Å². The van der Waals surface area contributed by atoms with Gasteiger partial charge in [0.15, 0.2) is 5.84 Å². The van der Waals surface area contributed by atoms with Crippen LogP contribution < -0.4 is 5.73 Å². The molecular formula is C11H24N4OS. The molecule has 1 fully saturated rings. The number of nitrogens with zero attached hydrogens (tertiary/aromatic N) is 3. The fraction of sp³-hybridized carbons (Fsp3) is 0.909. The number of nitrogens with two attached hydrogens (primary N) is 1. The van der Waals surface area contributed by atoms with Gasteiger partial charge in [0.1, 0.15) is 0 Å². The quantitative estimate of drug-likeness (QED) is 0.315. The molecule has 100 valence electrons. The Hall–Kier alpha value is -0.460. The van der Waals surface area contributed by atoms with Crippen LogP contribution in [0.4, 0.5) is 0 Å². The van der Waals surface area contributed by atoms with Gasteiger partial charge in [-0.15, -0.1) is 0 Å². The molecule has 0 aromatic carbocycles. The van der Waals surface area contributed by atoms with Crippen molar-refractivity contribution in [1.82, 2.24) is 9.80 Å². The molecule has 0 saturated carbocycles. The van der Waals surface area contributed by atoms with Crippen molar-refractivity contribution in [3.05, 3.63) is 0 Å². The van der Waals surface area contributed by atoms with Gasteiger partial charge in [-0.05, 0) is 5.25 Å². The summed E-state index contributed by atoms with van der Waals surface area (Å²) in [4.78, 5) is 4.71. The third-order valence-electron chi connectivity index (χ3n) is 2.84. The Bertz CT molecular complexity index is 240. The fourth-order valence-corrected chi connectivity index (χ4v) is 2.68. The summed E-state index contributed by atoms with van der Waals surface area (Å²) in [7, 11) is 0. The van der Waals surface area contributed by atoms with E-state index in [1.807, 2.05) is 11.8 Å². The molecule has 17 heavy (non-hydrogen) atoms. The maximum atomic E-state index is 8.51. The van der Waals surface area contributed by atoms with Crippen molar-refractivity contribution in [2.75, 3.05) is 45.0 Å². The second-order valence-electron chi connectivity index (χ2n) is 4.63. The zero-order valence-corrected chi connectivity index (χ0v) is 11.6. The summed E-state index contributed by atoms with van der Waals surface area (Å²) in [5, 5.41) is 12.2. The molecule has 1 saturated heterocycles. The lowest BCUT2D eigenvalue weighted by Crippen LogP contribution is -2.49. The Morgan fingerprint density at radius 2 is 1.88 bits per heavy atom. The van der Waals surface area contributed by atoms with Crippen molar-refractivity contribution in [3.63, 3.8) is 0 Å². The zero-order chi connectivity index (χ0) is 12.7. The van der Waals surface area contributed by atoms with Crippen LogP contribution in [0.3, 0.4) is 0 Å². The first-order valence-electron chi connectivity index (χ1n) is 6.14. The first-order valence-corrected chi connectivity index (χ1v) is 7.19. The Morgan fingerprint density at radius 3 is 2.41 bits per heavy atom. The molecule has 6 heteroatoms. The average molecular weight is 260 g/mol. The van der Waals surface area contributed by atoms with Crippen molar-refractivity contribution in [2.24, 2.45) is 10.9 Å². The van der Waals surface area contributed by atoms with E-state index in [9.17, 15) is 0 Å². The van der Waals surface area contributed by atoms with Crippen molar-refractivity contribution >= 4 is 17.6 Å². The van der Waals surface area contributed by atoms with E-state index < -0.39 is 0 Å². The van der Waals surface area contributed by atoms with E-state index >= 15 is 0 Å². The standard InChI is InChI=1S/C11H24N4OS/c1-10(2)17-8-7-14-3-5-15(6-4-14)9-11(12)13-16/h10,16H,3-9H2,1-2H3,(H2,12,13). The van der Waals surface area contributed by atoms with Gasteiger partial charge >= 0.3 is 0 Å². The minimum Gasteiger partial charge on any atom is -0.409 e. The molecule has 3 N–H and O–H groups in total. The number of thioether (sulfide) groups is 1. The van der Waals surface area contributed by atoms with Crippen LogP contribution in [-0.4, -0.2) is 71.1 Å². The molecule has 0 aromatic rings. The summed E-state index contributed by atoms with van der Waals surface area (Å²) in [5.41, 5.74) is 5.49. The largest absolute Gasteiger partial charge is 0.409 e. The van der Waals surface area contributed by atoms with E-state index in [0.717, 1.165) is 31.4 Å². The van der Waals surface area contributed by atoms with Crippen molar-refractivity contribution in [1.29, 1.82) is 0 Å². The predicted octanol–water partition coefficient (Wildman–Crippen LogP) is 0.492. The lowest BCUT2D eigenvalue weighted by atomic mass is 10.3. The molecule has 0 atom stereocenters. The third kappa shape index (κ3) is 6.14. The van der Waals surface area contributed by atoms with Gasteiger partial charge in [-0.3, -0.25) is 9.80 Å². The van der Waals surface area contributed by atoms with E-state index in [1.54, 1.807) is 0 Å². The topological polar surface area (TPSA) is 65.1 Å². The summed E-state index contributed by atoms with van der Waals surface area (Å²) in [6.45, 7) is 10.4.